The second kappa shape index (κ2) is 7.06. The average Bonchev–Trinajstić information content (AvgIpc) is 3.32. The number of rotatable bonds is 5. The van der Waals surface area contributed by atoms with E-state index in [1.807, 2.05) is 24.3 Å². The fourth-order valence-corrected chi connectivity index (χ4v) is 3.43. The van der Waals surface area contributed by atoms with Gasteiger partial charge in [0.15, 0.2) is 12.4 Å². The standard InChI is InChI=1S/C19H18N4O4/c24-18(12-27-17-10-4-3-8-15(17)23(25)26)22-11-5-9-16(22)19-20-13-6-1-2-7-14(13)21-19/h1-4,6-8,10,16H,5,9,11-12H2,(H,20,21). The van der Waals surface area contributed by atoms with E-state index in [9.17, 15) is 14.9 Å². The maximum atomic E-state index is 12.7. The van der Waals surface area contributed by atoms with E-state index >= 15 is 0 Å². The first-order chi connectivity index (χ1) is 13.1. The Morgan fingerprint density at radius 1 is 1.26 bits per heavy atom. The van der Waals surface area contributed by atoms with Crippen LogP contribution in [0, 0.1) is 10.1 Å². The average molecular weight is 366 g/mol. The summed E-state index contributed by atoms with van der Waals surface area (Å²) in [6, 6.07) is 13.6. The number of nitrogens with one attached hydrogen (secondary N) is 1. The Morgan fingerprint density at radius 3 is 2.85 bits per heavy atom. The molecule has 1 amide bonds. The van der Waals surface area contributed by atoms with Gasteiger partial charge < -0.3 is 14.6 Å². The van der Waals surface area contributed by atoms with Crippen molar-refractivity contribution in [3.8, 4) is 5.75 Å². The lowest BCUT2D eigenvalue weighted by molar-refractivity contribution is -0.385. The van der Waals surface area contributed by atoms with Crippen LogP contribution in [0.3, 0.4) is 0 Å². The van der Waals surface area contributed by atoms with Crippen LogP contribution in [0.1, 0.15) is 24.7 Å². The van der Waals surface area contributed by atoms with Crippen LogP contribution in [-0.4, -0.2) is 38.8 Å². The van der Waals surface area contributed by atoms with E-state index in [1.165, 1.54) is 12.1 Å². The number of fused-ring (bicyclic) bond motifs is 1. The van der Waals surface area contributed by atoms with Crippen LogP contribution in [-0.2, 0) is 4.79 Å². The lowest BCUT2D eigenvalue weighted by atomic mass is 10.2. The fourth-order valence-electron chi connectivity index (χ4n) is 3.43. The van der Waals surface area contributed by atoms with Gasteiger partial charge in [0.05, 0.1) is 22.0 Å². The van der Waals surface area contributed by atoms with Gasteiger partial charge in [-0.3, -0.25) is 14.9 Å². The maximum absolute atomic E-state index is 12.7. The van der Waals surface area contributed by atoms with Gasteiger partial charge in [0.25, 0.3) is 5.91 Å². The van der Waals surface area contributed by atoms with Crippen molar-refractivity contribution in [2.45, 2.75) is 18.9 Å². The molecule has 1 N–H and O–H groups in total. The smallest absolute Gasteiger partial charge is 0.310 e. The Balaban J connectivity index is 1.49. The molecule has 1 fully saturated rings. The molecular weight excluding hydrogens is 348 g/mol. The molecular formula is C19H18N4O4. The third-order valence-electron chi connectivity index (χ3n) is 4.71. The monoisotopic (exact) mass is 366 g/mol. The number of para-hydroxylation sites is 4. The van der Waals surface area contributed by atoms with Gasteiger partial charge in [-0.2, -0.15) is 0 Å². The highest BCUT2D eigenvalue weighted by molar-refractivity contribution is 5.79. The summed E-state index contributed by atoms with van der Waals surface area (Å²) in [5, 5.41) is 11.1. The number of nitro benzene ring substituents is 1. The number of nitro groups is 1. The van der Waals surface area contributed by atoms with E-state index in [4.69, 9.17) is 4.74 Å². The Morgan fingerprint density at radius 2 is 2.04 bits per heavy atom. The summed E-state index contributed by atoms with van der Waals surface area (Å²) < 4.78 is 5.45. The van der Waals surface area contributed by atoms with E-state index in [0.717, 1.165) is 29.7 Å². The van der Waals surface area contributed by atoms with Crippen LogP contribution >= 0.6 is 0 Å². The van der Waals surface area contributed by atoms with Gasteiger partial charge in [-0.05, 0) is 31.0 Å². The molecule has 3 aromatic rings. The highest BCUT2D eigenvalue weighted by Gasteiger charge is 2.32. The van der Waals surface area contributed by atoms with Crippen molar-refractivity contribution in [3.05, 3.63) is 64.5 Å². The number of hydrogen-bond donors (Lipinski definition) is 1. The second-order valence-electron chi connectivity index (χ2n) is 6.40. The number of carbonyl (C=O) groups excluding carboxylic acids is 1. The van der Waals surface area contributed by atoms with Crippen LogP contribution in [0.2, 0.25) is 0 Å². The number of H-pyrrole nitrogens is 1. The van der Waals surface area contributed by atoms with E-state index < -0.39 is 4.92 Å². The summed E-state index contributed by atoms with van der Waals surface area (Å²) in [4.78, 5) is 32.8. The number of benzene rings is 2. The predicted molar refractivity (Wildman–Crippen MR) is 98.4 cm³/mol. The zero-order valence-corrected chi connectivity index (χ0v) is 14.5. The number of ether oxygens (including phenoxy) is 1. The maximum Gasteiger partial charge on any atom is 0.310 e. The van der Waals surface area contributed by atoms with E-state index in [2.05, 4.69) is 9.97 Å². The van der Waals surface area contributed by atoms with Crippen LogP contribution < -0.4 is 4.74 Å². The van der Waals surface area contributed by atoms with Gasteiger partial charge in [0.1, 0.15) is 5.82 Å². The molecule has 2 aromatic carbocycles. The summed E-state index contributed by atoms with van der Waals surface area (Å²) in [7, 11) is 0. The molecule has 1 unspecified atom stereocenters. The number of aromatic amines is 1. The lowest BCUT2D eigenvalue weighted by Gasteiger charge is -2.23. The zero-order valence-electron chi connectivity index (χ0n) is 14.5. The van der Waals surface area contributed by atoms with Crippen molar-refractivity contribution in [3.63, 3.8) is 0 Å². The van der Waals surface area contributed by atoms with Crippen LogP contribution in [0.15, 0.2) is 48.5 Å². The van der Waals surface area contributed by atoms with Crippen molar-refractivity contribution in [1.29, 1.82) is 0 Å². The number of likely N-dealkylation sites (tertiary alicyclic amines) is 1. The summed E-state index contributed by atoms with van der Waals surface area (Å²) in [5.41, 5.74) is 1.64. The summed E-state index contributed by atoms with van der Waals surface area (Å²) in [5.74, 6) is 0.638. The third-order valence-corrected chi connectivity index (χ3v) is 4.71. The number of nitrogens with zero attached hydrogens (tertiary/aromatic N) is 3. The molecule has 8 heteroatoms. The number of carbonyl (C=O) groups is 1. The molecule has 1 aliphatic heterocycles. The molecule has 1 saturated heterocycles. The Hall–Kier alpha value is -3.42. The van der Waals surface area contributed by atoms with Crippen LogP contribution in [0.25, 0.3) is 11.0 Å². The summed E-state index contributed by atoms with van der Waals surface area (Å²) >= 11 is 0. The predicted octanol–water partition coefficient (Wildman–Crippen LogP) is 3.21. The molecule has 4 rings (SSSR count). The SMILES string of the molecule is O=C(COc1ccccc1[N+](=O)[O-])N1CCCC1c1nc2ccccc2[nH]1. The number of amides is 1. The largest absolute Gasteiger partial charge is 0.477 e. The van der Waals surface area contributed by atoms with Crippen molar-refractivity contribution in [1.82, 2.24) is 14.9 Å². The van der Waals surface area contributed by atoms with E-state index in [0.29, 0.717) is 6.54 Å². The van der Waals surface area contributed by atoms with E-state index in [-0.39, 0.29) is 30.0 Å². The molecule has 0 spiro atoms. The minimum absolute atomic E-state index is 0.0929. The summed E-state index contributed by atoms with van der Waals surface area (Å²) in [6.45, 7) is 0.363. The Kier molecular flexibility index (Phi) is 4.45. The second-order valence-corrected chi connectivity index (χ2v) is 6.40. The lowest BCUT2D eigenvalue weighted by Crippen LogP contribution is -2.35. The van der Waals surface area contributed by atoms with Gasteiger partial charge in [-0.1, -0.05) is 24.3 Å². The third kappa shape index (κ3) is 3.33. The molecule has 0 saturated carbocycles. The first kappa shape index (κ1) is 17.0. The number of imidazole rings is 1. The van der Waals surface area contributed by atoms with Gasteiger partial charge in [-0.25, -0.2) is 4.98 Å². The minimum Gasteiger partial charge on any atom is -0.477 e. The molecule has 0 radical (unpaired) electrons. The molecule has 1 aliphatic rings. The van der Waals surface area contributed by atoms with E-state index in [1.54, 1.807) is 17.0 Å². The molecule has 0 bridgehead atoms. The molecule has 1 aromatic heterocycles. The highest BCUT2D eigenvalue weighted by atomic mass is 16.6. The van der Waals surface area contributed by atoms with Gasteiger partial charge in [0.2, 0.25) is 0 Å². The van der Waals surface area contributed by atoms with Crippen molar-refractivity contribution in [2.24, 2.45) is 0 Å². The van der Waals surface area contributed by atoms with Crippen LogP contribution in [0.4, 0.5) is 5.69 Å². The highest BCUT2D eigenvalue weighted by Crippen LogP contribution is 2.32. The minimum atomic E-state index is -0.521. The first-order valence-electron chi connectivity index (χ1n) is 8.74. The normalized spacial score (nSPS) is 16.6. The molecule has 138 valence electrons. The zero-order chi connectivity index (χ0) is 18.8. The molecule has 8 nitrogen and oxygen atoms in total. The topological polar surface area (TPSA) is 101 Å². The summed E-state index contributed by atoms with van der Waals surface area (Å²) in [6.07, 6.45) is 1.69. The first-order valence-corrected chi connectivity index (χ1v) is 8.74. The van der Waals surface area contributed by atoms with Crippen molar-refractivity contribution < 1.29 is 14.5 Å². The van der Waals surface area contributed by atoms with Crippen LogP contribution in [0.5, 0.6) is 5.75 Å². The molecule has 2 heterocycles. The van der Waals surface area contributed by atoms with Gasteiger partial charge in [-0.15, -0.1) is 0 Å². The molecule has 0 aliphatic carbocycles. The number of aromatic nitrogens is 2. The van der Waals surface area contributed by atoms with Crippen molar-refractivity contribution in [2.75, 3.05) is 13.2 Å². The van der Waals surface area contributed by atoms with Crippen molar-refractivity contribution >= 4 is 22.6 Å². The Bertz CT molecular complexity index is 967. The fraction of sp³-hybridized carbons (Fsp3) is 0.263. The molecule has 27 heavy (non-hydrogen) atoms. The number of hydrogen-bond acceptors (Lipinski definition) is 5. The van der Waals surface area contributed by atoms with Gasteiger partial charge >= 0.3 is 5.69 Å². The molecule has 1 atom stereocenters. The quantitative estimate of drug-likeness (QED) is 0.552. The van der Waals surface area contributed by atoms with Gasteiger partial charge in [0, 0.05) is 12.6 Å². The Labute approximate surface area is 154 Å².